The third kappa shape index (κ3) is 4.76. The lowest BCUT2D eigenvalue weighted by atomic mass is 9.32. The van der Waals surface area contributed by atoms with Gasteiger partial charge in [0.2, 0.25) is 5.78 Å². The van der Waals surface area contributed by atoms with Gasteiger partial charge in [-0.05, 0) is 92.4 Å². The molecular formula is C43H50N2O5. The van der Waals surface area contributed by atoms with E-state index in [-0.39, 0.29) is 41.7 Å². The molecule has 9 rings (SSSR count). The minimum absolute atomic E-state index is 0.0213. The largest absolute Gasteiger partial charge is 0.461 e. The van der Waals surface area contributed by atoms with Crippen LogP contribution in [0.2, 0.25) is 0 Å². The first kappa shape index (κ1) is 33.2. The van der Waals surface area contributed by atoms with Gasteiger partial charge in [0.15, 0.2) is 5.76 Å². The number of Topliss-reactive ketones (excluding diaryl/α,β-unsaturated/α-hetero) is 1. The summed E-state index contributed by atoms with van der Waals surface area (Å²) in [5, 5.41) is 27.2. The van der Waals surface area contributed by atoms with Crippen molar-refractivity contribution in [1.82, 2.24) is 10.2 Å². The molecule has 1 heterocycles. The van der Waals surface area contributed by atoms with Gasteiger partial charge in [0, 0.05) is 28.4 Å². The molecule has 9 unspecified atom stereocenters. The minimum Gasteiger partial charge on any atom is -0.461 e. The van der Waals surface area contributed by atoms with Gasteiger partial charge in [-0.2, -0.15) is 0 Å². The molecule has 3 N–H and O–H groups in total. The third-order valence-electron chi connectivity index (χ3n) is 14.3. The van der Waals surface area contributed by atoms with E-state index in [2.05, 4.69) is 37.4 Å². The van der Waals surface area contributed by atoms with Crippen LogP contribution in [0.3, 0.4) is 0 Å². The maximum atomic E-state index is 14.5. The van der Waals surface area contributed by atoms with E-state index in [9.17, 15) is 19.8 Å². The molecule has 2 aromatic carbocycles. The molecule has 3 aromatic rings. The Labute approximate surface area is 295 Å². The first-order chi connectivity index (χ1) is 23.9. The summed E-state index contributed by atoms with van der Waals surface area (Å²) in [4.78, 5) is 30.5. The zero-order chi connectivity index (χ0) is 34.9. The van der Waals surface area contributed by atoms with Crippen LogP contribution in [0.5, 0.6) is 0 Å². The number of nitrogens with one attached hydrogen (secondary N) is 1. The maximum Gasteiger partial charge on any atom is 0.318 e. The molecule has 0 saturated heterocycles. The van der Waals surface area contributed by atoms with Crippen molar-refractivity contribution < 1.29 is 24.2 Å². The maximum absolute atomic E-state index is 14.5. The Balaban J connectivity index is 1.17. The summed E-state index contributed by atoms with van der Waals surface area (Å²) < 4.78 is 5.72. The predicted molar refractivity (Wildman–Crippen MR) is 192 cm³/mol. The summed E-state index contributed by atoms with van der Waals surface area (Å²) in [5.41, 5.74) is -0.0794. The SMILES string of the molecule is CC(NC(=O)N(Cc1ccccc1)CC1(O)CCC2C34C=CC5(C=C3C(=O)c3ccco3)CC(O)CCC5(C)C4CCC21C)c1ccccc1. The molecule has 50 heavy (non-hydrogen) atoms. The molecule has 0 aliphatic heterocycles. The van der Waals surface area contributed by atoms with Gasteiger partial charge in [-0.3, -0.25) is 4.79 Å². The summed E-state index contributed by atoms with van der Waals surface area (Å²) in [6.07, 6.45) is 13.2. The molecule has 6 aliphatic carbocycles. The molecule has 262 valence electrons. The van der Waals surface area contributed by atoms with E-state index in [4.69, 9.17) is 4.42 Å². The van der Waals surface area contributed by atoms with Gasteiger partial charge in [0.1, 0.15) is 0 Å². The Morgan fingerprint density at radius 3 is 2.30 bits per heavy atom. The van der Waals surface area contributed by atoms with Gasteiger partial charge in [-0.1, -0.05) is 92.7 Å². The fourth-order valence-electron chi connectivity index (χ4n) is 11.6. The molecule has 2 spiro atoms. The number of hydrogen-bond acceptors (Lipinski definition) is 5. The van der Waals surface area contributed by atoms with Gasteiger partial charge in [0.25, 0.3) is 0 Å². The quantitative estimate of drug-likeness (QED) is 0.166. The Morgan fingerprint density at radius 1 is 0.900 bits per heavy atom. The van der Waals surface area contributed by atoms with Gasteiger partial charge < -0.3 is 24.8 Å². The van der Waals surface area contributed by atoms with E-state index < -0.39 is 27.9 Å². The van der Waals surface area contributed by atoms with Gasteiger partial charge >= 0.3 is 6.03 Å². The van der Waals surface area contributed by atoms with Crippen molar-refractivity contribution in [3.63, 3.8) is 0 Å². The van der Waals surface area contributed by atoms with Crippen molar-refractivity contribution in [2.75, 3.05) is 6.54 Å². The number of allylic oxidation sites excluding steroid dienone is 4. The van der Waals surface area contributed by atoms with Crippen LogP contribution in [0.4, 0.5) is 4.79 Å². The van der Waals surface area contributed by atoms with Crippen molar-refractivity contribution in [3.05, 3.63) is 120 Å². The number of aliphatic hydroxyl groups is 2. The molecule has 9 atom stereocenters. The number of hydrogen-bond donors (Lipinski definition) is 3. The van der Waals surface area contributed by atoms with Crippen molar-refractivity contribution in [2.24, 2.45) is 33.5 Å². The lowest BCUT2D eigenvalue weighted by molar-refractivity contribution is -0.175. The lowest BCUT2D eigenvalue weighted by Gasteiger charge is -2.71. The molecule has 1 aromatic heterocycles. The van der Waals surface area contributed by atoms with Gasteiger partial charge in [0.05, 0.1) is 30.6 Å². The van der Waals surface area contributed by atoms with Crippen LogP contribution in [-0.2, 0) is 6.54 Å². The highest BCUT2D eigenvalue weighted by atomic mass is 16.3. The molecule has 3 fully saturated rings. The number of carbonyl (C=O) groups is 2. The number of furan rings is 1. The zero-order valence-electron chi connectivity index (χ0n) is 29.5. The number of urea groups is 1. The molecule has 7 heteroatoms. The van der Waals surface area contributed by atoms with Crippen LogP contribution in [0.15, 0.2) is 107 Å². The van der Waals surface area contributed by atoms with Crippen LogP contribution in [0, 0.1) is 33.5 Å². The average Bonchev–Trinajstić information content (AvgIpc) is 3.75. The second-order valence-electron chi connectivity index (χ2n) is 16.5. The number of nitrogens with zero attached hydrogens (tertiary/aromatic N) is 1. The average molecular weight is 675 g/mol. The predicted octanol–water partition coefficient (Wildman–Crippen LogP) is 8.03. The van der Waals surface area contributed by atoms with E-state index in [1.807, 2.05) is 67.6 Å². The number of rotatable bonds is 8. The Hall–Kier alpha value is -3.94. The lowest BCUT2D eigenvalue weighted by Crippen LogP contribution is -2.67. The third-order valence-corrected chi connectivity index (χ3v) is 14.3. The van der Waals surface area contributed by atoms with Crippen LogP contribution < -0.4 is 5.32 Å². The number of fused-ring (bicyclic) bond motifs is 1. The highest BCUT2D eigenvalue weighted by molar-refractivity contribution is 6.08. The van der Waals surface area contributed by atoms with Crippen molar-refractivity contribution in [2.45, 2.75) is 90.0 Å². The summed E-state index contributed by atoms with van der Waals surface area (Å²) in [7, 11) is 0. The van der Waals surface area contributed by atoms with Gasteiger partial charge in [-0.15, -0.1) is 0 Å². The fourth-order valence-corrected chi connectivity index (χ4v) is 11.6. The number of carbonyl (C=O) groups excluding carboxylic acids is 2. The van der Waals surface area contributed by atoms with Crippen LogP contribution >= 0.6 is 0 Å². The molecular weight excluding hydrogens is 624 g/mol. The van der Waals surface area contributed by atoms with E-state index in [0.717, 1.165) is 48.8 Å². The summed E-state index contributed by atoms with van der Waals surface area (Å²) in [6.45, 7) is 7.15. The van der Waals surface area contributed by atoms with E-state index in [1.54, 1.807) is 23.3 Å². The Bertz CT molecular complexity index is 1820. The first-order valence-corrected chi connectivity index (χ1v) is 18.5. The van der Waals surface area contributed by atoms with E-state index >= 15 is 0 Å². The Kier molecular flexibility index (Phi) is 7.85. The van der Waals surface area contributed by atoms with E-state index in [0.29, 0.717) is 25.1 Å². The van der Waals surface area contributed by atoms with Crippen molar-refractivity contribution in [1.29, 1.82) is 0 Å². The van der Waals surface area contributed by atoms with Crippen LogP contribution in [-0.4, -0.2) is 45.2 Å². The fraction of sp³-hybridized carbons (Fsp3) is 0.488. The molecule has 3 saturated carbocycles. The highest BCUT2D eigenvalue weighted by Gasteiger charge is 2.74. The summed E-state index contributed by atoms with van der Waals surface area (Å²) in [5.74, 6) is 0.401. The number of benzene rings is 2. The number of aliphatic hydroxyl groups excluding tert-OH is 1. The van der Waals surface area contributed by atoms with Crippen LogP contribution in [0.25, 0.3) is 0 Å². The van der Waals surface area contributed by atoms with Crippen LogP contribution in [0.1, 0.15) is 93.4 Å². The van der Waals surface area contributed by atoms with Crippen molar-refractivity contribution >= 4 is 11.8 Å². The molecule has 6 aliphatic rings. The summed E-state index contributed by atoms with van der Waals surface area (Å²) in [6, 6.07) is 23.0. The normalized spacial score (nSPS) is 37.2. The minimum atomic E-state index is -1.18. The molecule has 0 radical (unpaired) electrons. The number of amides is 2. The van der Waals surface area contributed by atoms with E-state index in [1.165, 1.54) is 0 Å². The smallest absolute Gasteiger partial charge is 0.318 e. The van der Waals surface area contributed by atoms with Gasteiger partial charge in [-0.25, -0.2) is 4.79 Å². The monoisotopic (exact) mass is 674 g/mol. The second kappa shape index (κ2) is 11.8. The second-order valence-corrected chi connectivity index (χ2v) is 16.5. The molecule has 2 bridgehead atoms. The first-order valence-electron chi connectivity index (χ1n) is 18.5. The summed E-state index contributed by atoms with van der Waals surface area (Å²) >= 11 is 0. The zero-order valence-corrected chi connectivity index (χ0v) is 29.5. The topological polar surface area (TPSA) is 103 Å². The molecule has 7 nitrogen and oxygen atoms in total. The highest BCUT2D eigenvalue weighted by Crippen LogP contribution is 2.78. The molecule has 2 amide bonds. The van der Waals surface area contributed by atoms with Crippen molar-refractivity contribution in [3.8, 4) is 0 Å². The number of ketones is 1. The standard InChI is InChI=1S/C43H50N2O5/c1-29(31-13-8-5-9-14-31)44-38(48)45(27-30-11-6-4-7-12-30)28-42(49)21-18-36-40(42,3)20-17-35-39(2)19-16-32(46)25-41(39)22-23-43(35,36)33(26-41)37(47)34-15-10-24-50-34/h4-15,22-24,26,29,32,35-36,46,49H,16-21,25,27-28H2,1-3H3,(H,44,48). The Morgan fingerprint density at radius 2 is 1.58 bits per heavy atom.